The van der Waals surface area contributed by atoms with Crippen molar-refractivity contribution >= 4 is 17.3 Å². The first-order valence-corrected chi connectivity index (χ1v) is 10.1. The molecule has 6 heteroatoms. The Morgan fingerprint density at radius 3 is 2.70 bits per heavy atom. The number of para-hydroxylation sites is 2. The summed E-state index contributed by atoms with van der Waals surface area (Å²) in [5.41, 5.74) is 4.63. The average molecular weight is 367 g/mol. The van der Waals surface area contributed by atoms with Crippen LogP contribution >= 0.6 is 0 Å². The van der Waals surface area contributed by atoms with Crippen molar-refractivity contribution in [1.82, 2.24) is 15.5 Å². The second kappa shape index (κ2) is 8.05. The van der Waals surface area contributed by atoms with Gasteiger partial charge in [0.15, 0.2) is 5.96 Å². The van der Waals surface area contributed by atoms with Gasteiger partial charge in [0.25, 0.3) is 0 Å². The topological polar surface area (TPSA) is 54.9 Å². The zero-order valence-electron chi connectivity index (χ0n) is 16.4. The summed E-state index contributed by atoms with van der Waals surface area (Å²) in [5, 5.41) is 10.4. The summed E-state index contributed by atoms with van der Waals surface area (Å²) in [6, 6.07) is 8.44. The molecule has 0 atom stereocenters. The molecule has 0 unspecified atom stereocenters. The molecule has 0 spiro atoms. The van der Waals surface area contributed by atoms with E-state index in [-0.39, 0.29) is 0 Å². The molecule has 0 bridgehead atoms. The molecule has 3 N–H and O–H groups in total. The van der Waals surface area contributed by atoms with Gasteiger partial charge in [-0.2, -0.15) is 0 Å². The van der Waals surface area contributed by atoms with Crippen molar-refractivity contribution in [2.45, 2.75) is 33.1 Å². The summed E-state index contributed by atoms with van der Waals surface area (Å²) in [7, 11) is 0. The average Bonchev–Trinajstić information content (AvgIpc) is 3.08. The molecule has 1 saturated heterocycles. The molecule has 0 aliphatic carbocycles. The fourth-order valence-corrected chi connectivity index (χ4v) is 3.98. The highest BCUT2D eigenvalue weighted by molar-refractivity contribution is 5.88. The Hall–Kier alpha value is -2.47. The number of aliphatic imine (C=N–C) groups is 1. The van der Waals surface area contributed by atoms with E-state index in [1.807, 2.05) is 6.20 Å². The molecule has 6 nitrogen and oxygen atoms in total. The monoisotopic (exact) mass is 366 g/mol. The minimum absolute atomic E-state index is 0.815. The number of hydrogen-bond donors (Lipinski definition) is 3. The highest BCUT2D eigenvalue weighted by Crippen LogP contribution is 2.37. The van der Waals surface area contributed by atoms with Gasteiger partial charge in [-0.25, -0.2) is 0 Å². The van der Waals surface area contributed by atoms with Crippen LogP contribution in [0.15, 0.2) is 52.5 Å². The lowest BCUT2D eigenvalue weighted by Gasteiger charge is -2.27. The number of hydrogen-bond acceptors (Lipinski definition) is 4. The predicted molar refractivity (Wildman–Crippen MR) is 113 cm³/mol. The Labute approximate surface area is 162 Å². The van der Waals surface area contributed by atoms with Crippen LogP contribution in [-0.4, -0.2) is 43.6 Å². The van der Waals surface area contributed by atoms with Gasteiger partial charge >= 0.3 is 0 Å². The number of rotatable bonds is 4. The standard InChI is InChI=1S/C21H30N6/c1-3-27-18-10-6-5-9-17(18)24-20(27)19-16(2)15-23-21(25-19)22-11-14-26-12-7-4-8-13-26/h5-6,9-10,15,24H,3-4,7-8,11-14H2,1-2H3,(H2,22,23,25). The highest BCUT2D eigenvalue weighted by atomic mass is 15.3. The summed E-state index contributed by atoms with van der Waals surface area (Å²) >= 11 is 0. The molecule has 27 heavy (non-hydrogen) atoms. The van der Waals surface area contributed by atoms with Gasteiger partial charge in [-0.1, -0.05) is 18.6 Å². The Bertz CT molecular complexity index is 773. The molecule has 3 aliphatic rings. The number of nitrogens with one attached hydrogen (secondary N) is 3. The lowest BCUT2D eigenvalue weighted by atomic mass is 10.1. The first-order valence-electron chi connectivity index (χ1n) is 10.1. The first-order chi connectivity index (χ1) is 13.3. The molecular formula is C21H30N6. The van der Waals surface area contributed by atoms with E-state index in [4.69, 9.17) is 4.99 Å². The van der Waals surface area contributed by atoms with Crippen molar-refractivity contribution in [3.05, 3.63) is 47.6 Å². The van der Waals surface area contributed by atoms with E-state index in [1.54, 1.807) is 0 Å². The molecule has 0 aromatic heterocycles. The van der Waals surface area contributed by atoms with Gasteiger partial charge in [-0.3, -0.25) is 4.99 Å². The molecule has 3 aliphatic heterocycles. The SMILES string of the molecule is CCN1C(=C2NC(=NCCN3CCCCC3)NC=C2C)Nc2ccccc21. The molecule has 144 valence electrons. The third-order valence-electron chi connectivity index (χ3n) is 5.47. The largest absolute Gasteiger partial charge is 0.338 e. The molecule has 0 saturated carbocycles. The lowest BCUT2D eigenvalue weighted by molar-refractivity contribution is 0.235. The second-order valence-electron chi connectivity index (χ2n) is 7.34. The molecule has 1 aromatic carbocycles. The maximum Gasteiger partial charge on any atom is 0.200 e. The number of anilines is 2. The molecule has 1 fully saturated rings. The number of benzene rings is 1. The number of piperidine rings is 1. The Morgan fingerprint density at radius 1 is 1.07 bits per heavy atom. The van der Waals surface area contributed by atoms with Crippen LogP contribution in [0, 0.1) is 0 Å². The number of fused-ring (bicyclic) bond motifs is 1. The van der Waals surface area contributed by atoms with E-state index in [9.17, 15) is 0 Å². The minimum Gasteiger partial charge on any atom is -0.338 e. The van der Waals surface area contributed by atoms with Crippen LogP contribution in [0.25, 0.3) is 0 Å². The number of nitrogens with zero attached hydrogens (tertiary/aromatic N) is 3. The van der Waals surface area contributed by atoms with Crippen LogP contribution in [0.1, 0.15) is 33.1 Å². The van der Waals surface area contributed by atoms with Crippen molar-refractivity contribution < 1.29 is 0 Å². The molecular weight excluding hydrogens is 336 g/mol. The Balaban J connectivity index is 1.49. The van der Waals surface area contributed by atoms with Crippen LogP contribution in [-0.2, 0) is 0 Å². The predicted octanol–water partition coefficient (Wildman–Crippen LogP) is 3.05. The third kappa shape index (κ3) is 3.81. The lowest BCUT2D eigenvalue weighted by Crippen LogP contribution is -2.41. The van der Waals surface area contributed by atoms with E-state index in [0.717, 1.165) is 42.8 Å². The van der Waals surface area contributed by atoms with E-state index in [2.05, 4.69) is 63.9 Å². The van der Waals surface area contributed by atoms with Gasteiger partial charge in [0.05, 0.1) is 23.6 Å². The summed E-state index contributed by atoms with van der Waals surface area (Å²) in [4.78, 5) is 9.59. The van der Waals surface area contributed by atoms with Crippen molar-refractivity contribution in [3.63, 3.8) is 0 Å². The summed E-state index contributed by atoms with van der Waals surface area (Å²) in [6.45, 7) is 9.49. The van der Waals surface area contributed by atoms with Crippen LogP contribution in [0.3, 0.4) is 0 Å². The molecule has 3 heterocycles. The van der Waals surface area contributed by atoms with Crippen molar-refractivity contribution in [3.8, 4) is 0 Å². The smallest absolute Gasteiger partial charge is 0.200 e. The quantitative estimate of drug-likeness (QED) is 0.765. The molecule has 0 amide bonds. The summed E-state index contributed by atoms with van der Waals surface area (Å²) in [6.07, 6.45) is 6.06. The molecule has 1 aromatic rings. The third-order valence-corrected chi connectivity index (χ3v) is 5.47. The second-order valence-corrected chi connectivity index (χ2v) is 7.34. The van der Waals surface area contributed by atoms with Crippen molar-refractivity contribution in [1.29, 1.82) is 0 Å². The van der Waals surface area contributed by atoms with E-state index < -0.39 is 0 Å². The first kappa shape index (κ1) is 17.9. The normalized spacial score (nSPS) is 24.1. The zero-order valence-corrected chi connectivity index (χ0v) is 16.4. The van der Waals surface area contributed by atoms with Crippen molar-refractivity contribution in [2.24, 2.45) is 4.99 Å². The van der Waals surface area contributed by atoms with Gasteiger partial charge in [0.1, 0.15) is 5.82 Å². The minimum atomic E-state index is 0.815. The van der Waals surface area contributed by atoms with Crippen LogP contribution in [0.5, 0.6) is 0 Å². The van der Waals surface area contributed by atoms with Crippen LogP contribution < -0.4 is 20.9 Å². The van der Waals surface area contributed by atoms with E-state index in [0.29, 0.717) is 0 Å². The van der Waals surface area contributed by atoms with Gasteiger partial charge in [-0.05, 0) is 57.5 Å². The summed E-state index contributed by atoms with van der Waals surface area (Å²) in [5.74, 6) is 1.92. The van der Waals surface area contributed by atoms with Gasteiger partial charge in [0, 0.05) is 19.3 Å². The highest BCUT2D eigenvalue weighted by Gasteiger charge is 2.27. The maximum atomic E-state index is 4.76. The molecule has 0 radical (unpaired) electrons. The van der Waals surface area contributed by atoms with Gasteiger partial charge < -0.3 is 25.8 Å². The Kier molecular flexibility index (Phi) is 5.34. The summed E-state index contributed by atoms with van der Waals surface area (Å²) < 4.78 is 0. The molecule has 4 rings (SSSR count). The van der Waals surface area contributed by atoms with Gasteiger partial charge in [-0.15, -0.1) is 0 Å². The number of allylic oxidation sites excluding steroid dienone is 1. The number of guanidine groups is 1. The van der Waals surface area contributed by atoms with Crippen LogP contribution in [0.2, 0.25) is 0 Å². The Morgan fingerprint density at radius 2 is 1.89 bits per heavy atom. The maximum absolute atomic E-state index is 4.76. The van der Waals surface area contributed by atoms with Crippen LogP contribution in [0.4, 0.5) is 11.4 Å². The zero-order chi connectivity index (χ0) is 18.6. The number of likely N-dealkylation sites (tertiary alicyclic amines) is 1. The van der Waals surface area contributed by atoms with E-state index in [1.165, 1.54) is 43.6 Å². The van der Waals surface area contributed by atoms with Crippen molar-refractivity contribution in [2.75, 3.05) is 42.9 Å². The fourth-order valence-electron chi connectivity index (χ4n) is 3.98. The fraction of sp³-hybridized carbons (Fsp3) is 0.476. The van der Waals surface area contributed by atoms with Gasteiger partial charge in [0.2, 0.25) is 0 Å². The van der Waals surface area contributed by atoms with E-state index >= 15 is 0 Å².